The summed E-state index contributed by atoms with van der Waals surface area (Å²) in [6.07, 6.45) is 6.70. The number of piperidine rings is 1. The fourth-order valence-corrected chi connectivity index (χ4v) is 4.58. The van der Waals surface area contributed by atoms with Gasteiger partial charge >= 0.3 is 0 Å². The number of hydrogen-bond acceptors (Lipinski definition) is 4. The number of fused-ring (bicyclic) bond motifs is 1. The largest absolute Gasteiger partial charge is 0.307 e. The summed E-state index contributed by atoms with van der Waals surface area (Å²) in [4.78, 5) is 20.4. The Morgan fingerprint density at radius 3 is 2.58 bits per heavy atom. The molecule has 0 amide bonds. The van der Waals surface area contributed by atoms with Crippen molar-refractivity contribution in [2.45, 2.75) is 52.0 Å². The molecular weight excluding hydrogens is 326 g/mol. The van der Waals surface area contributed by atoms with Crippen LogP contribution in [0.3, 0.4) is 0 Å². The molecule has 0 aromatic carbocycles. The third-order valence-corrected chi connectivity index (χ3v) is 5.83. The molecule has 0 aliphatic carbocycles. The van der Waals surface area contributed by atoms with Crippen LogP contribution in [0, 0.1) is 5.92 Å². The molecule has 6 nitrogen and oxygen atoms in total. The number of rotatable bonds is 5. The Labute approximate surface area is 155 Å². The number of hydrogen-bond donors (Lipinski definition) is 1. The van der Waals surface area contributed by atoms with E-state index in [0.717, 1.165) is 62.5 Å². The maximum Gasteiger partial charge on any atom is 0.251 e. The number of H-pyrrole nitrogens is 1. The minimum Gasteiger partial charge on any atom is -0.307 e. The molecule has 142 valence electrons. The summed E-state index contributed by atoms with van der Waals surface area (Å²) in [6.45, 7) is 11.1. The van der Waals surface area contributed by atoms with Gasteiger partial charge in [-0.05, 0) is 57.8 Å². The van der Waals surface area contributed by atoms with Crippen molar-refractivity contribution < 1.29 is 0 Å². The molecule has 2 aliphatic heterocycles. The molecule has 4 rings (SSSR count). The van der Waals surface area contributed by atoms with Gasteiger partial charge in [-0.15, -0.1) is 0 Å². The number of nitrogens with one attached hydrogen (secondary N) is 1. The van der Waals surface area contributed by atoms with E-state index in [2.05, 4.69) is 33.7 Å². The van der Waals surface area contributed by atoms with Crippen molar-refractivity contribution in [2.75, 3.05) is 32.7 Å². The molecule has 2 saturated heterocycles. The lowest BCUT2D eigenvalue weighted by Crippen LogP contribution is -2.36. The molecule has 2 aliphatic rings. The van der Waals surface area contributed by atoms with Crippen LogP contribution >= 0.6 is 0 Å². The van der Waals surface area contributed by atoms with Gasteiger partial charge in [0.05, 0.1) is 11.9 Å². The Bertz CT molecular complexity index is 794. The summed E-state index contributed by atoms with van der Waals surface area (Å²) in [5.74, 6) is 1.12. The Balaban J connectivity index is 1.56. The van der Waals surface area contributed by atoms with Crippen LogP contribution in [-0.4, -0.2) is 57.1 Å². The molecule has 0 spiro atoms. The maximum atomic E-state index is 12.3. The van der Waals surface area contributed by atoms with Crippen LogP contribution < -0.4 is 5.56 Å². The van der Waals surface area contributed by atoms with E-state index >= 15 is 0 Å². The Kier molecular flexibility index (Phi) is 5.14. The van der Waals surface area contributed by atoms with Crippen LogP contribution in [0.2, 0.25) is 0 Å². The molecule has 2 aromatic rings. The van der Waals surface area contributed by atoms with Gasteiger partial charge in [0.1, 0.15) is 5.65 Å². The lowest BCUT2D eigenvalue weighted by Gasteiger charge is -2.33. The first-order valence-corrected chi connectivity index (χ1v) is 10.1. The molecular formula is C20H31N5O. The Morgan fingerprint density at radius 1 is 1.15 bits per heavy atom. The Morgan fingerprint density at radius 2 is 1.88 bits per heavy atom. The van der Waals surface area contributed by atoms with Gasteiger partial charge in [0.2, 0.25) is 0 Å². The normalized spacial score (nSPS) is 20.6. The third-order valence-electron chi connectivity index (χ3n) is 5.83. The fraction of sp³-hybridized carbons (Fsp3) is 0.700. The number of aromatic amines is 1. The van der Waals surface area contributed by atoms with Gasteiger partial charge in [0.15, 0.2) is 0 Å². The van der Waals surface area contributed by atoms with Crippen LogP contribution in [0.15, 0.2) is 17.1 Å². The van der Waals surface area contributed by atoms with E-state index in [9.17, 15) is 4.79 Å². The zero-order valence-electron chi connectivity index (χ0n) is 16.1. The van der Waals surface area contributed by atoms with Gasteiger partial charge in [-0.1, -0.05) is 13.8 Å². The smallest absolute Gasteiger partial charge is 0.251 e. The highest BCUT2D eigenvalue weighted by atomic mass is 16.1. The molecule has 2 fully saturated rings. The molecule has 6 heteroatoms. The molecule has 0 saturated carbocycles. The summed E-state index contributed by atoms with van der Waals surface area (Å²) in [7, 11) is 0. The quantitative estimate of drug-likeness (QED) is 0.893. The number of likely N-dealkylation sites (tertiary alicyclic amines) is 2. The monoisotopic (exact) mass is 357 g/mol. The topological polar surface area (TPSA) is 56.6 Å². The van der Waals surface area contributed by atoms with E-state index in [4.69, 9.17) is 0 Å². The van der Waals surface area contributed by atoms with Crippen LogP contribution in [0.25, 0.3) is 5.65 Å². The van der Waals surface area contributed by atoms with E-state index in [1.807, 2.05) is 10.7 Å². The highest BCUT2D eigenvalue weighted by Crippen LogP contribution is 2.28. The van der Waals surface area contributed by atoms with Crippen LogP contribution in [0.1, 0.15) is 56.7 Å². The van der Waals surface area contributed by atoms with Gasteiger partial charge in [-0.25, -0.2) is 4.52 Å². The summed E-state index contributed by atoms with van der Waals surface area (Å²) in [6, 6.07) is 1.77. The van der Waals surface area contributed by atoms with Crippen molar-refractivity contribution in [1.82, 2.24) is 24.4 Å². The zero-order valence-corrected chi connectivity index (χ0v) is 16.1. The highest BCUT2D eigenvalue weighted by molar-refractivity contribution is 5.47. The van der Waals surface area contributed by atoms with Crippen LogP contribution in [0.4, 0.5) is 0 Å². The van der Waals surface area contributed by atoms with Gasteiger partial charge in [0.25, 0.3) is 5.56 Å². The van der Waals surface area contributed by atoms with Gasteiger partial charge in [-0.3, -0.25) is 9.69 Å². The lowest BCUT2D eigenvalue weighted by molar-refractivity contribution is 0.190. The predicted molar refractivity (Wildman–Crippen MR) is 104 cm³/mol. The maximum absolute atomic E-state index is 12.3. The zero-order chi connectivity index (χ0) is 18.1. The van der Waals surface area contributed by atoms with Crippen molar-refractivity contribution in [1.29, 1.82) is 0 Å². The Hall–Kier alpha value is -1.66. The first-order valence-electron chi connectivity index (χ1n) is 10.1. The molecule has 1 N–H and O–H groups in total. The van der Waals surface area contributed by atoms with Gasteiger partial charge < -0.3 is 9.88 Å². The van der Waals surface area contributed by atoms with E-state index in [-0.39, 0.29) is 5.56 Å². The molecule has 26 heavy (non-hydrogen) atoms. The van der Waals surface area contributed by atoms with Crippen molar-refractivity contribution in [3.8, 4) is 0 Å². The standard InChI is InChI=1S/C20H31N5O/c1-15(2)13-24-9-5-16(6-10-24)18-11-19(26)22-20-17(12-21-25(18)20)14-23-7-3-4-8-23/h11-12,15-16H,3-10,13-14H2,1-2H3,(H,22,26). The van der Waals surface area contributed by atoms with E-state index in [0.29, 0.717) is 11.8 Å². The van der Waals surface area contributed by atoms with E-state index in [1.165, 1.54) is 19.4 Å². The lowest BCUT2D eigenvalue weighted by atomic mass is 9.92. The fourth-order valence-electron chi connectivity index (χ4n) is 4.58. The second-order valence-electron chi connectivity index (χ2n) is 8.44. The van der Waals surface area contributed by atoms with Gasteiger partial charge in [0, 0.05) is 30.6 Å². The molecule has 4 heterocycles. The van der Waals surface area contributed by atoms with Crippen LogP contribution in [-0.2, 0) is 6.54 Å². The third kappa shape index (κ3) is 3.71. The highest BCUT2D eigenvalue weighted by Gasteiger charge is 2.24. The van der Waals surface area contributed by atoms with Crippen molar-refractivity contribution in [2.24, 2.45) is 5.92 Å². The van der Waals surface area contributed by atoms with Crippen LogP contribution in [0.5, 0.6) is 0 Å². The second-order valence-corrected chi connectivity index (χ2v) is 8.44. The first-order chi connectivity index (χ1) is 12.6. The number of nitrogens with zero attached hydrogens (tertiary/aromatic N) is 4. The molecule has 0 atom stereocenters. The summed E-state index contributed by atoms with van der Waals surface area (Å²) in [5.41, 5.74) is 3.12. The summed E-state index contributed by atoms with van der Waals surface area (Å²) < 4.78 is 2.00. The first kappa shape index (κ1) is 17.7. The van der Waals surface area contributed by atoms with Gasteiger partial charge in [-0.2, -0.15) is 5.10 Å². The molecule has 2 aromatic heterocycles. The predicted octanol–water partition coefficient (Wildman–Crippen LogP) is 2.45. The summed E-state index contributed by atoms with van der Waals surface area (Å²) >= 11 is 0. The van der Waals surface area contributed by atoms with E-state index < -0.39 is 0 Å². The van der Waals surface area contributed by atoms with E-state index in [1.54, 1.807) is 6.07 Å². The number of aromatic nitrogens is 3. The second kappa shape index (κ2) is 7.53. The summed E-state index contributed by atoms with van der Waals surface area (Å²) in [5, 5.41) is 4.65. The molecule has 0 radical (unpaired) electrons. The van der Waals surface area contributed by atoms with Crippen molar-refractivity contribution in [3.05, 3.63) is 33.9 Å². The van der Waals surface area contributed by atoms with Crippen molar-refractivity contribution >= 4 is 5.65 Å². The van der Waals surface area contributed by atoms with Crippen molar-refractivity contribution in [3.63, 3.8) is 0 Å². The SMILES string of the molecule is CC(C)CN1CCC(c2cc(=O)[nH]c3c(CN4CCCC4)cnn23)CC1. The molecule has 0 unspecified atom stereocenters. The average molecular weight is 358 g/mol. The minimum absolute atomic E-state index is 0.000261. The molecule has 0 bridgehead atoms. The average Bonchev–Trinajstić information content (AvgIpc) is 3.25. The minimum atomic E-state index is 0.000261.